The molecule has 2 aromatic rings. The molecular formula is C14H14BrFN2O2S. The van der Waals surface area contributed by atoms with Crippen molar-refractivity contribution < 1.29 is 12.8 Å². The van der Waals surface area contributed by atoms with Gasteiger partial charge >= 0.3 is 0 Å². The minimum absolute atomic E-state index is 0.00299. The number of hydrogen-bond donors (Lipinski definition) is 2. The monoisotopic (exact) mass is 372 g/mol. The Hall–Kier alpha value is -1.44. The van der Waals surface area contributed by atoms with Gasteiger partial charge in [-0.15, -0.1) is 0 Å². The van der Waals surface area contributed by atoms with E-state index in [4.69, 9.17) is 5.73 Å². The van der Waals surface area contributed by atoms with E-state index in [2.05, 4.69) is 20.7 Å². The number of nitrogens with two attached hydrogens (primary N) is 1. The first-order valence-electron chi connectivity index (χ1n) is 6.13. The standard InChI is InChI=1S/C14H14BrFN2O2S/c1-9(11-4-2-3-5-12(11)15)18-21(19,20)14-8-10(16)6-7-13(14)17/h2-9,18H,17H2,1H3. The molecule has 0 saturated heterocycles. The van der Waals surface area contributed by atoms with Gasteiger partial charge in [-0.2, -0.15) is 0 Å². The first kappa shape index (κ1) is 15.9. The van der Waals surface area contributed by atoms with Gasteiger partial charge in [-0.3, -0.25) is 0 Å². The Morgan fingerprint density at radius 2 is 1.90 bits per heavy atom. The van der Waals surface area contributed by atoms with Gasteiger partial charge in [-0.25, -0.2) is 17.5 Å². The van der Waals surface area contributed by atoms with Crippen molar-refractivity contribution in [1.82, 2.24) is 4.72 Å². The first-order chi connectivity index (χ1) is 9.81. The van der Waals surface area contributed by atoms with E-state index >= 15 is 0 Å². The van der Waals surface area contributed by atoms with E-state index in [0.717, 1.165) is 22.2 Å². The number of sulfonamides is 1. The van der Waals surface area contributed by atoms with Crippen LogP contribution in [0.25, 0.3) is 0 Å². The lowest BCUT2D eigenvalue weighted by Crippen LogP contribution is -2.27. The number of benzene rings is 2. The molecule has 0 aliphatic rings. The summed E-state index contributed by atoms with van der Waals surface area (Å²) in [6.45, 7) is 1.70. The number of halogens is 2. The molecule has 2 aromatic carbocycles. The average Bonchev–Trinajstić information content (AvgIpc) is 2.41. The maximum Gasteiger partial charge on any atom is 0.243 e. The van der Waals surface area contributed by atoms with Crippen LogP contribution in [0.3, 0.4) is 0 Å². The second kappa shape index (κ2) is 6.13. The highest BCUT2D eigenvalue weighted by Crippen LogP contribution is 2.26. The van der Waals surface area contributed by atoms with E-state index in [9.17, 15) is 12.8 Å². The molecule has 7 heteroatoms. The second-order valence-electron chi connectivity index (χ2n) is 4.55. The number of nitrogen functional groups attached to an aromatic ring is 1. The van der Waals surface area contributed by atoms with Crippen molar-refractivity contribution in [3.05, 3.63) is 58.3 Å². The van der Waals surface area contributed by atoms with Gasteiger partial charge in [-0.05, 0) is 36.8 Å². The van der Waals surface area contributed by atoms with Crippen LogP contribution in [0.1, 0.15) is 18.5 Å². The summed E-state index contributed by atoms with van der Waals surface area (Å²) in [4.78, 5) is -0.263. The molecule has 0 saturated carbocycles. The van der Waals surface area contributed by atoms with Gasteiger partial charge in [0.05, 0.1) is 5.69 Å². The summed E-state index contributed by atoms with van der Waals surface area (Å²) in [5.74, 6) is -0.655. The van der Waals surface area contributed by atoms with Crippen molar-refractivity contribution in [3.63, 3.8) is 0 Å². The summed E-state index contributed by atoms with van der Waals surface area (Å²) in [7, 11) is -3.91. The summed E-state index contributed by atoms with van der Waals surface area (Å²) in [5.41, 5.74) is 6.40. The van der Waals surface area contributed by atoms with E-state index in [1.165, 1.54) is 6.07 Å². The van der Waals surface area contributed by atoms with E-state index in [-0.39, 0.29) is 10.6 Å². The van der Waals surface area contributed by atoms with Gasteiger partial charge < -0.3 is 5.73 Å². The Morgan fingerprint density at radius 1 is 1.24 bits per heavy atom. The average molecular weight is 373 g/mol. The van der Waals surface area contributed by atoms with Gasteiger partial charge in [0.25, 0.3) is 0 Å². The van der Waals surface area contributed by atoms with Crippen LogP contribution in [0.15, 0.2) is 51.8 Å². The van der Waals surface area contributed by atoms with Gasteiger partial charge in [-0.1, -0.05) is 34.1 Å². The SMILES string of the molecule is CC(NS(=O)(=O)c1cc(F)ccc1N)c1ccccc1Br. The Labute approximate surface area is 131 Å². The minimum atomic E-state index is -3.91. The highest BCUT2D eigenvalue weighted by atomic mass is 79.9. The molecule has 0 aliphatic heterocycles. The molecule has 2 rings (SSSR count). The topological polar surface area (TPSA) is 72.2 Å². The summed E-state index contributed by atoms with van der Waals surface area (Å²) >= 11 is 3.37. The normalized spacial score (nSPS) is 13.1. The minimum Gasteiger partial charge on any atom is -0.398 e. The number of anilines is 1. The third kappa shape index (κ3) is 3.61. The van der Waals surface area contributed by atoms with Crippen LogP contribution in [0, 0.1) is 5.82 Å². The van der Waals surface area contributed by atoms with Gasteiger partial charge in [0.1, 0.15) is 10.7 Å². The van der Waals surface area contributed by atoms with Crippen LogP contribution in [0.4, 0.5) is 10.1 Å². The summed E-state index contributed by atoms with van der Waals surface area (Å²) in [5, 5.41) is 0. The highest BCUT2D eigenvalue weighted by Gasteiger charge is 2.22. The van der Waals surface area contributed by atoms with Crippen LogP contribution >= 0.6 is 15.9 Å². The van der Waals surface area contributed by atoms with Crippen LogP contribution in [-0.2, 0) is 10.0 Å². The molecule has 0 aromatic heterocycles. The molecule has 1 atom stereocenters. The molecular weight excluding hydrogens is 359 g/mol. The predicted octanol–water partition coefficient (Wildman–Crippen LogP) is 3.21. The molecule has 3 N–H and O–H groups in total. The molecule has 1 unspecified atom stereocenters. The van der Waals surface area contributed by atoms with E-state index in [1.807, 2.05) is 12.1 Å². The molecule has 4 nitrogen and oxygen atoms in total. The lowest BCUT2D eigenvalue weighted by molar-refractivity contribution is 0.564. The molecule has 0 bridgehead atoms. The molecule has 112 valence electrons. The van der Waals surface area contributed by atoms with Crippen molar-refractivity contribution in [1.29, 1.82) is 0 Å². The third-order valence-electron chi connectivity index (χ3n) is 2.97. The maximum absolute atomic E-state index is 13.2. The summed E-state index contributed by atoms with van der Waals surface area (Å²) in [6, 6.07) is 10.0. The van der Waals surface area contributed by atoms with Gasteiger partial charge in [0.15, 0.2) is 0 Å². The van der Waals surface area contributed by atoms with Crippen molar-refractivity contribution in [2.45, 2.75) is 17.9 Å². The molecule has 0 radical (unpaired) electrons. The van der Waals surface area contributed by atoms with E-state index < -0.39 is 21.9 Å². The van der Waals surface area contributed by atoms with Crippen LogP contribution in [-0.4, -0.2) is 8.42 Å². The molecule has 21 heavy (non-hydrogen) atoms. The van der Waals surface area contributed by atoms with E-state index in [0.29, 0.717) is 0 Å². The zero-order valence-corrected chi connectivity index (χ0v) is 13.6. The molecule has 0 amide bonds. The van der Waals surface area contributed by atoms with Crippen molar-refractivity contribution in [3.8, 4) is 0 Å². The number of hydrogen-bond acceptors (Lipinski definition) is 3. The third-order valence-corrected chi connectivity index (χ3v) is 5.29. The predicted molar refractivity (Wildman–Crippen MR) is 83.7 cm³/mol. The van der Waals surface area contributed by atoms with Crippen molar-refractivity contribution >= 4 is 31.6 Å². The maximum atomic E-state index is 13.2. The number of rotatable bonds is 4. The fourth-order valence-electron chi connectivity index (χ4n) is 1.93. The van der Waals surface area contributed by atoms with Crippen molar-refractivity contribution in [2.75, 3.05) is 5.73 Å². The Bertz CT molecular complexity index is 765. The number of nitrogens with one attached hydrogen (secondary N) is 1. The van der Waals surface area contributed by atoms with Crippen molar-refractivity contribution in [2.24, 2.45) is 0 Å². The van der Waals surface area contributed by atoms with Gasteiger partial charge in [0, 0.05) is 10.5 Å². The second-order valence-corrected chi connectivity index (χ2v) is 7.08. The lowest BCUT2D eigenvalue weighted by atomic mass is 10.1. The lowest BCUT2D eigenvalue weighted by Gasteiger charge is -2.17. The zero-order chi connectivity index (χ0) is 15.6. The van der Waals surface area contributed by atoms with Crippen LogP contribution < -0.4 is 10.5 Å². The molecule has 0 fully saturated rings. The molecule has 0 aliphatic carbocycles. The Morgan fingerprint density at radius 3 is 2.57 bits per heavy atom. The quantitative estimate of drug-likeness (QED) is 0.809. The zero-order valence-electron chi connectivity index (χ0n) is 11.2. The molecule has 0 heterocycles. The highest BCUT2D eigenvalue weighted by molar-refractivity contribution is 9.10. The van der Waals surface area contributed by atoms with Crippen LogP contribution in [0.2, 0.25) is 0 Å². The smallest absolute Gasteiger partial charge is 0.243 e. The van der Waals surface area contributed by atoms with Gasteiger partial charge in [0.2, 0.25) is 10.0 Å². The Balaban J connectivity index is 2.34. The van der Waals surface area contributed by atoms with E-state index in [1.54, 1.807) is 19.1 Å². The fourth-order valence-corrected chi connectivity index (χ4v) is 3.92. The Kier molecular flexibility index (Phi) is 4.65. The summed E-state index contributed by atoms with van der Waals surface area (Å²) in [6.07, 6.45) is 0. The molecule has 0 spiro atoms. The fraction of sp³-hybridized carbons (Fsp3) is 0.143. The largest absolute Gasteiger partial charge is 0.398 e. The summed E-state index contributed by atoms with van der Waals surface area (Å²) < 4.78 is 41.2. The first-order valence-corrected chi connectivity index (χ1v) is 8.40. The van der Waals surface area contributed by atoms with Crippen LogP contribution in [0.5, 0.6) is 0 Å².